The summed E-state index contributed by atoms with van der Waals surface area (Å²) in [6, 6.07) is 7.05. The number of hydrogen-bond donors (Lipinski definition) is 3. The first-order valence-electron chi connectivity index (χ1n) is 9.92. The summed E-state index contributed by atoms with van der Waals surface area (Å²) in [6.07, 6.45) is -3.69. The number of hydrogen-bond acceptors (Lipinski definition) is 5. The van der Waals surface area contributed by atoms with Crippen molar-refractivity contribution in [3.8, 4) is 0 Å². The van der Waals surface area contributed by atoms with Gasteiger partial charge < -0.3 is 10.6 Å². The third-order valence-corrected chi connectivity index (χ3v) is 6.73. The fourth-order valence-electron chi connectivity index (χ4n) is 3.07. The average Bonchev–Trinajstić information content (AvgIpc) is 2.79. The first kappa shape index (κ1) is 27.2. The zero-order valence-corrected chi connectivity index (χ0v) is 20.8. The van der Waals surface area contributed by atoms with Crippen LogP contribution in [0.25, 0.3) is 0 Å². The number of halogens is 5. The summed E-state index contributed by atoms with van der Waals surface area (Å²) in [4.78, 5) is 28.1. The van der Waals surface area contributed by atoms with Gasteiger partial charge >= 0.3 is 12.2 Å². The number of nitrogens with one attached hydrogen (secondary N) is 3. The Morgan fingerprint density at radius 2 is 1.72 bits per heavy atom. The number of benzene rings is 2. The summed E-state index contributed by atoms with van der Waals surface area (Å²) in [5.74, 6) is -0.838. The molecule has 0 bridgehead atoms. The van der Waals surface area contributed by atoms with E-state index in [4.69, 9.17) is 23.2 Å². The smallest absolute Gasteiger partial charge is 0.341 e. The van der Waals surface area contributed by atoms with Crippen molar-refractivity contribution < 1.29 is 31.2 Å². The molecule has 0 saturated carbocycles. The number of carbonyl (C=O) groups is 2. The van der Waals surface area contributed by atoms with Gasteiger partial charge in [0.05, 0.1) is 26.2 Å². The summed E-state index contributed by atoms with van der Waals surface area (Å²) in [5, 5.41) is 4.73. The highest BCUT2D eigenvalue weighted by Gasteiger charge is 2.34. The number of aryl methyl sites for hydroxylation is 1. The highest BCUT2D eigenvalue weighted by atomic mass is 35.5. The van der Waals surface area contributed by atoms with E-state index < -0.39 is 44.2 Å². The van der Waals surface area contributed by atoms with Gasteiger partial charge in [0.25, 0.3) is 10.0 Å². The Bertz CT molecular complexity index is 1460. The van der Waals surface area contributed by atoms with Gasteiger partial charge in [0.15, 0.2) is 0 Å². The second-order valence-corrected chi connectivity index (χ2v) is 9.88. The van der Waals surface area contributed by atoms with Crippen LogP contribution in [0, 0.1) is 6.92 Å². The summed E-state index contributed by atoms with van der Waals surface area (Å²) < 4.78 is 67.9. The van der Waals surface area contributed by atoms with E-state index in [-0.39, 0.29) is 32.5 Å². The minimum atomic E-state index is -4.78. The SMILES string of the molecule is CNC(=O)Nc1ccc(Cl)c(C(=O)c2ncc(Cl)cc2NS(=O)(=O)c2ccc(C)c(C(F)(F)F)c2)c1. The minimum absolute atomic E-state index is 0.0265. The molecule has 3 rings (SSSR count). The number of alkyl halides is 3. The number of pyridine rings is 1. The average molecular weight is 561 g/mol. The Kier molecular flexibility index (Phi) is 7.82. The molecule has 0 spiro atoms. The van der Waals surface area contributed by atoms with Gasteiger partial charge in [-0.1, -0.05) is 29.3 Å². The zero-order valence-electron chi connectivity index (χ0n) is 18.5. The standard InChI is InChI=1S/C22H17Cl2F3N4O4S/c1-11-3-5-14(9-16(11)22(25,26)27)36(34,35)31-18-7-12(23)10-29-19(18)20(32)15-8-13(4-6-17(15)24)30-21(33)28-2/h3-10,31H,1-2H3,(H2,28,30,33). The van der Waals surface area contributed by atoms with Crippen molar-refractivity contribution in [2.75, 3.05) is 17.1 Å². The van der Waals surface area contributed by atoms with Crippen molar-refractivity contribution in [1.29, 1.82) is 0 Å². The molecular formula is C22H17Cl2F3N4O4S. The number of ketones is 1. The Balaban J connectivity index is 2.04. The van der Waals surface area contributed by atoms with Gasteiger partial charge in [-0.25, -0.2) is 18.2 Å². The third kappa shape index (κ3) is 6.07. The fourth-order valence-corrected chi connectivity index (χ4v) is 4.52. The molecule has 0 fully saturated rings. The number of carbonyl (C=O) groups excluding carboxylic acids is 2. The van der Waals surface area contributed by atoms with Crippen molar-refractivity contribution in [1.82, 2.24) is 10.3 Å². The Labute approximate surface area is 213 Å². The number of aromatic nitrogens is 1. The van der Waals surface area contributed by atoms with Crippen LogP contribution < -0.4 is 15.4 Å². The number of urea groups is 1. The molecule has 1 heterocycles. The quantitative estimate of drug-likeness (QED) is 0.344. The molecule has 14 heteroatoms. The van der Waals surface area contributed by atoms with E-state index >= 15 is 0 Å². The lowest BCUT2D eigenvalue weighted by Gasteiger charge is -2.15. The van der Waals surface area contributed by atoms with Crippen molar-refractivity contribution in [2.45, 2.75) is 18.0 Å². The lowest BCUT2D eigenvalue weighted by Crippen LogP contribution is -2.24. The molecule has 190 valence electrons. The molecule has 8 nitrogen and oxygen atoms in total. The maximum Gasteiger partial charge on any atom is 0.416 e. The normalized spacial score (nSPS) is 11.6. The zero-order chi connectivity index (χ0) is 26.8. The first-order chi connectivity index (χ1) is 16.7. The number of amides is 2. The lowest BCUT2D eigenvalue weighted by atomic mass is 10.1. The molecule has 0 aliphatic carbocycles. The van der Waals surface area contributed by atoms with Crippen LogP contribution in [0.15, 0.2) is 53.6 Å². The van der Waals surface area contributed by atoms with Crippen molar-refractivity contribution in [2.24, 2.45) is 0 Å². The monoisotopic (exact) mass is 560 g/mol. The van der Waals surface area contributed by atoms with Crippen LogP contribution >= 0.6 is 23.2 Å². The highest BCUT2D eigenvalue weighted by Crippen LogP contribution is 2.34. The van der Waals surface area contributed by atoms with Crippen LogP contribution in [0.4, 0.5) is 29.3 Å². The molecule has 36 heavy (non-hydrogen) atoms. The molecule has 0 aliphatic heterocycles. The van der Waals surface area contributed by atoms with Gasteiger partial charge in [-0.3, -0.25) is 9.52 Å². The predicted molar refractivity (Wildman–Crippen MR) is 129 cm³/mol. The van der Waals surface area contributed by atoms with E-state index in [0.717, 1.165) is 24.4 Å². The minimum Gasteiger partial charge on any atom is -0.341 e. The Morgan fingerprint density at radius 1 is 1.03 bits per heavy atom. The van der Waals surface area contributed by atoms with Crippen LogP contribution in [0.2, 0.25) is 10.0 Å². The van der Waals surface area contributed by atoms with Crippen LogP contribution in [0.3, 0.4) is 0 Å². The third-order valence-electron chi connectivity index (χ3n) is 4.83. The summed E-state index contributed by atoms with van der Waals surface area (Å²) >= 11 is 12.1. The van der Waals surface area contributed by atoms with Crippen molar-refractivity contribution in [3.63, 3.8) is 0 Å². The topological polar surface area (TPSA) is 117 Å². The number of nitrogens with zero attached hydrogens (tertiary/aromatic N) is 1. The Morgan fingerprint density at radius 3 is 2.36 bits per heavy atom. The van der Waals surface area contributed by atoms with Crippen LogP contribution in [0.5, 0.6) is 0 Å². The largest absolute Gasteiger partial charge is 0.416 e. The molecule has 2 aromatic carbocycles. The molecule has 0 unspecified atom stereocenters. The molecular weight excluding hydrogens is 544 g/mol. The first-order valence-corrected chi connectivity index (χ1v) is 12.2. The molecule has 3 N–H and O–H groups in total. The Hall–Kier alpha value is -3.35. The van der Waals surface area contributed by atoms with Crippen molar-refractivity contribution >= 4 is 56.4 Å². The van der Waals surface area contributed by atoms with Gasteiger partial charge in [-0.15, -0.1) is 0 Å². The summed E-state index contributed by atoms with van der Waals surface area (Å²) in [7, 11) is -3.22. The van der Waals surface area contributed by atoms with Crippen molar-refractivity contribution in [3.05, 3.63) is 81.1 Å². The number of sulfonamides is 1. The fraction of sp³-hybridized carbons (Fsp3) is 0.136. The summed E-state index contributed by atoms with van der Waals surface area (Å²) in [6.45, 7) is 1.20. The van der Waals surface area contributed by atoms with Crippen LogP contribution in [0.1, 0.15) is 27.2 Å². The highest BCUT2D eigenvalue weighted by molar-refractivity contribution is 7.92. The molecule has 3 aromatic rings. The van der Waals surface area contributed by atoms with Gasteiger partial charge in [-0.05, 0) is 48.9 Å². The maximum absolute atomic E-state index is 13.3. The van der Waals surface area contributed by atoms with Gasteiger partial charge in [-0.2, -0.15) is 13.2 Å². The second-order valence-electron chi connectivity index (χ2n) is 7.36. The van der Waals surface area contributed by atoms with E-state index in [9.17, 15) is 31.2 Å². The van der Waals surface area contributed by atoms with E-state index in [1.54, 1.807) is 0 Å². The molecule has 0 atom stereocenters. The van der Waals surface area contributed by atoms with Crippen LogP contribution in [-0.4, -0.2) is 32.3 Å². The molecule has 0 aliphatic rings. The summed E-state index contributed by atoms with van der Waals surface area (Å²) in [5.41, 5.74) is -2.03. The van der Waals surface area contributed by atoms with Gasteiger partial charge in [0, 0.05) is 24.5 Å². The van der Waals surface area contributed by atoms with Gasteiger partial charge in [0.1, 0.15) is 5.69 Å². The van der Waals surface area contributed by atoms with E-state index in [0.29, 0.717) is 6.07 Å². The molecule has 0 radical (unpaired) electrons. The van der Waals surface area contributed by atoms with E-state index in [1.165, 1.54) is 32.2 Å². The molecule has 2 amide bonds. The molecule has 1 aromatic heterocycles. The van der Waals surface area contributed by atoms with E-state index in [1.807, 2.05) is 0 Å². The maximum atomic E-state index is 13.3. The van der Waals surface area contributed by atoms with E-state index in [2.05, 4.69) is 20.3 Å². The molecule has 0 saturated heterocycles. The van der Waals surface area contributed by atoms with Crippen LogP contribution in [-0.2, 0) is 16.2 Å². The van der Waals surface area contributed by atoms with Gasteiger partial charge in [0.2, 0.25) is 5.78 Å². The lowest BCUT2D eigenvalue weighted by molar-refractivity contribution is -0.138. The number of rotatable bonds is 6. The second kappa shape index (κ2) is 10.3. The number of anilines is 2. The predicted octanol–water partition coefficient (Wildman–Crippen LogP) is 5.50.